The number of pyridine rings is 1. The highest BCUT2D eigenvalue weighted by molar-refractivity contribution is 5.81. The molecule has 6 heteroatoms. The molecule has 0 unspecified atom stereocenters. The maximum atomic E-state index is 13.8. The van der Waals surface area contributed by atoms with E-state index in [2.05, 4.69) is 15.0 Å². The van der Waals surface area contributed by atoms with Gasteiger partial charge in [-0.2, -0.15) is 5.10 Å². The summed E-state index contributed by atoms with van der Waals surface area (Å²) in [6.07, 6.45) is 10.3. The molecule has 2 fully saturated rings. The highest BCUT2D eigenvalue weighted by Crippen LogP contribution is 2.40. The van der Waals surface area contributed by atoms with Crippen molar-refractivity contribution in [1.82, 2.24) is 19.7 Å². The molecule has 0 aromatic carbocycles. The van der Waals surface area contributed by atoms with Crippen LogP contribution in [0.25, 0.3) is 11.0 Å². The summed E-state index contributed by atoms with van der Waals surface area (Å²) < 4.78 is 9.65. The second-order valence-electron chi connectivity index (χ2n) is 8.15. The normalized spacial score (nSPS) is 27.1. The van der Waals surface area contributed by atoms with Gasteiger partial charge in [0.25, 0.3) is 5.56 Å². The van der Waals surface area contributed by atoms with Crippen LogP contribution in [0.4, 0.5) is 0 Å². The molecule has 1 N–H and O–H groups in total. The van der Waals surface area contributed by atoms with E-state index < -0.39 is 0 Å². The lowest BCUT2D eigenvalue weighted by Gasteiger charge is -2.42. The molecule has 2 saturated heterocycles. The Morgan fingerprint density at radius 2 is 1.96 bits per heavy atom. The van der Waals surface area contributed by atoms with Crippen molar-refractivity contribution in [2.24, 2.45) is 13.0 Å². The molecule has 0 saturated carbocycles. The lowest BCUT2D eigenvalue weighted by Crippen LogP contribution is -2.55. The fourth-order valence-electron chi connectivity index (χ4n) is 5.60. The standard InChI is InChI=1S/C20H28N4O2/c1-23-18-17(13-22-23)15-5-2-3-6-16(15)19(25)24(18)20(9-4-10-21-20)14-7-11-26-12-8-14/h13-14,21H,2-12H2,1H3/t20-/m1/s1. The van der Waals surface area contributed by atoms with E-state index in [1.165, 1.54) is 17.4 Å². The van der Waals surface area contributed by atoms with Crippen LogP contribution in [0, 0.1) is 5.92 Å². The topological polar surface area (TPSA) is 61.1 Å². The second-order valence-corrected chi connectivity index (χ2v) is 8.15. The van der Waals surface area contributed by atoms with Crippen molar-refractivity contribution >= 4 is 11.0 Å². The highest BCUT2D eigenvalue weighted by Gasteiger charge is 2.45. The molecule has 0 radical (unpaired) electrons. The Morgan fingerprint density at radius 1 is 1.19 bits per heavy atom. The molecule has 0 spiro atoms. The summed E-state index contributed by atoms with van der Waals surface area (Å²) in [6.45, 7) is 2.56. The quantitative estimate of drug-likeness (QED) is 0.895. The zero-order chi connectivity index (χ0) is 17.7. The molecule has 0 bridgehead atoms. The molecule has 1 aliphatic carbocycles. The maximum absolute atomic E-state index is 13.8. The van der Waals surface area contributed by atoms with Crippen LogP contribution in [0.3, 0.4) is 0 Å². The SMILES string of the molecule is Cn1ncc2c3c(c(=O)n([C@@]4(C5CCOCC5)CCCN4)c21)CCCC3. The van der Waals surface area contributed by atoms with Crippen LogP contribution < -0.4 is 10.9 Å². The number of rotatable bonds is 2. The van der Waals surface area contributed by atoms with Gasteiger partial charge in [-0.3, -0.25) is 19.4 Å². The third kappa shape index (κ3) is 2.24. The molecule has 2 aromatic rings. The Hall–Kier alpha value is -1.66. The minimum Gasteiger partial charge on any atom is -0.381 e. The molecule has 1 atom stereocenters. The van der Waals surface area contributed by atoms with Crippen molar-refractivity contribution < 1.29 is 4.74 Å². The van der Waals surface area contributed by atoms with Crippen molar-refractivity contribution in [2.75, 3.05) is 19.8 Å². The van der Waals surface area contributed by atoms with Gasteiger partial charge in [0.05, 0.1) is 6.20 Å². The first kappa shape index (κ1) is 16.5. The third-order valence-electron chi connectivity index (χ3n) is 6.83. The van der Waals surface area contributed by atoms with Crippen LogP contribution in [0.1, 0.15) is 49.7 Å². The van der Waals surface area contributed by atoms with Gasteiger partial charge in [0.2, 0.25) is 0 Å². The molecule has 6 nitrogen and oxygen atoms in total. The van der Waals surface area contributed by atoms with Gasteiger partial charge in [0, 0.05) is 37.1 Å². The highest BCUT2D eigenvalue weighted by atomic mass is 16.5. The number of aryl methyl sites for hydroxylation is 2. The zero-order valence-corrected chi connectivity index (χ0v) is 15.6. The van der Waals surface area contributed by atoms with Crippen molar-refractivity contribution in [3.8, 4) is 0 Å². The van der Waals surface area contributed by atoms with E-state index >= 15 is 0 Å². The van der Waals surface area contributed by atoms with Crippen LogP contribution >= 0.6 is 0 Å². The number of nitrogens with zero attached hydrogens (tertiary/aromatic N) is 3. The monoisotopic (exact) mass is 356 g/mol. The molecule has 2 aliphatic heterocycles. The van der Waals surface area contributed by atoms with Crippen LogP contribution in [-0.4, -0.2) is 34.1 Å². The predicted octanol–water partition coefficient (Wildman–Crippen LogP) is 2.08. The zero-order valence-electron chi connectivity index (χ0n) is 15.6. The first-order chi connectivity index (χ1) is 12.7. The predicted molar refractivity (Wildman–Crippen MR) is 100 cm³/mol. The second kappa shape index (κ2) is 6.20. The average molecular weight is 356 g/mol. The molecule has 5 rings (SSSR count). The molecule has 4 heterocycles. The fourth-order valence-corrected chi connectivity index (χ4v) is 5.60. The summed E-state index contributed by atoms with van der Waals surface area (Å²) in [5.74, 6) is 0.427. The molecule has 0 amide bonds. The minimum absolute atomic E-state index is 0.219. The lowest BCUT2D eigenvalue weighted by atomic mass is 9.83. The maximum Gasteiger partial charge on any atom is 0.257 e. The Balaban J connectivity index is 1.81. The summed E-state index contributed by atoms with van der Waals surface area (Å²) in [4.78, 5) is 13.8. The fraction of sp³-hybridized carbons (Fsp3) is 0.700. The third-order valence-corrected chi connectivity index (χ3v) is 6.83. The summed E-state index contributed by atoms with van der Waals surface area (Å²) in [6, 6.07) is 0. The molecule has 140 valence electrons. The van der Waals surface area contributed by atoms with E-state index in [9.17, 15) is 4.79 Å². The Bertz CT molecular complexity index is 885. The van der Waals surface area contributed by atoms with Crippen LogP contribution in [0.15, 0.2) is 11.0 Å². The van der Waals surface area contributed by atoms with E-state index in [4.69, 9.17) is 4.74 Å². The Kier molecular flexibility index (Phi) is 3.94. The van der Waals surface area contributed by atoms with E-state index in [-0.39, 0.29) is 11.2 Å². The summed E-state index contributed by atoms with van der Waals surface area (Å²) in [5, 5.41) is 9.52. The van der Waals surface area contributed by atoms with Gasteiger partial charge in [-0.05, 0) is 63.5 Å². The summed E-state index contributed by atoms with van der Waals surface area (Å²) >= 11 is 0. The van der Waals surface area contributed by atoms with Crippen LogP contribution in [-0.2, 0) is 30.3 Å². The number of hydrogen-bond acceptors (Lipinski definition) is 4. The van der Waals surface area contributed by atoms with Gasteiger partial charge in [-0.1, -0.05) is 0 Å². The smallest absolute Gasteiger partial charge is 0.257 e. The molecule has 2 aromatic heterocycles. The Morgan fingerprint density at radius 3 is 2.69 bits per heavy atom. The number of aromatic nitrogens is 3. The molecular formula is C20H28N4O2. The largest absolute Gasteiger partial charge is 0.381 e. The van der Waals surface area contributed by atoms with Gasteiger partial charge in [-0.25, -0.2) is 0 Å². The summed E-state index contributed by atoms with van der Waals surface area (Å²) in [5.41, 5.74) is 3.21. The first-order valence-electron chi connectivity index (χ1n) is 10.1. The van der Waals surface area contributed by atoms with E-state index in [0.717, 1.165) is 75.9 Å². The van der Waals surface area contributed by atoms with Crippen molar-refractivity contribution in [1.29, 1.82) is 0 Å². The van der Waals surface area contributed by atoms with Gasteiger partial charge in [-0.15, -0.1) is 0 Å². The summed E-state index contributed by atoms with van der Waals surface area (Å²) in [7, 11) is 1.97. The van der Waals surface area contributed by atoms with E-state index in [0.29, 0.717) is 5.92 Å². The first-order valence-corrected chi connectivity index (χ1v) is 10.1. The van der Waals surface area contributed by atoms with Crippen LogP contribution in [0.5, 0.6) is 0 Å². The van der Waals surface area contributed by atoms with Gasteiger partial charge in [0.15, 0.2) is 0 Å². The number of fused-ring (bicyclic) bond motifs is 3. The Labute approximate surface area is 153 Å². The van der Waals surface area contributed by atoms with Gasteiger partial charge in [0.1, 0.15) is 11.3 Å². The lowest BCUT2D eigenvalue weighted by molar-refractivity contribution is 0.00724. The molecule has 26 heavy (non-hydrogen) atoms. The average Bonchev–Trinajstić information content (AvgIpc) is 3.32. The van der Waals surface area contributed by atoms with Crippen molar-refractivity contribution in [3.63, 3.8) is 0 Å². The number of hydrogen-bond donors (Lipinski definition) is 1. The van der Waals surface area contributed by atoms with E-state index in [1.54, 1.807) is 0 Å². The van der Waals surface area contributed by atoms with Crippen molar-refractivity contribution in [2.45, 2.75) is 57.0 Å². The van der Waals surface area contributed by atoms with Crippen LogP contribution in [0.2, 0.25) is 0 Å². The van der Waals surface area contributed by atoms with Gasteiger partial charge < -0.3 is 4.74 Å². The number of nitrogens with one attached hydrogen (secondary N) is 1. The van der Waals surface area contributed by atoms with Gasteiger partial charge >= 0.3 is 0 Å². The molecular weight excluding hydrogens is 328 g/mol. The van der Waals surface area contributed by atoms with Crippen molar-refractivity contribution in [3.05, 3.63) is 27.7 Å². The number of ether oxygens (including phenoxy) is 1. The van der Waals surface area contributed by atoms with E-state index in [1.807, 2.05) is 17.9 Å². The minimum atomic E-state index is -0.292. The molecule has 3 aliphatic rings.